The van der Waals surface area contributed by atoms with Crippen molar-refractivity contribution in [1.29, 1.82) is 0 Å². The molecule has 0 unspecified atom stereocenters. The van der Waals surface area contributed by atoms with Gasteiger partial charge in [-0.1, -0.05) is 12.5 Å². The number of nitrogens with one attached hydrogen (secondary N) is 1. The Kier molecular flexibility index (Phi) is 6.54. The molecule has 0 bridgehead atoms. The van der Waals surface area contributed by atoms with Gasteiger partial charge in [0.05, 0.1) is 0 Å². The van der Waals surface area contributed by atoms with Gasteiger partial charge in [0.2, 0.25) is 5.91 Å². The molecule has 1 fully saturated rings. The summed E-state index contributed by atoms with van der Waals surface area (Å²) in [7, 11) is 2.01. The molecule has 0 spiro atoms. The maximum atomic E-state index is 12.1. The number of aryl methyl sites for hydroxylation is 1. The molecule has 0 radical (unpaired) electrons. The Balaban J connectivity index is 1.54. The fourth-order valence-electron chi connectivity index (χ4n) is 2.78. The van der Waals surface area contributed by atoms with Crippen molar-refractivity contribution in [3.05, 3.63) is 22.4 Å². The van der Waals surface area contributed by atoms with Crippen molar-refractivity contribution in [3.8, 4) is 0 Å². The van der Waals surface area contributed by atoms with Gasteiger partial charge in [0, 0.05) is 30.4 Å². The number of rotatable bonds is 7. The minimum Gasteiger partial charge on any atom is -0.343 e. The lowest BCUT2D eigenvalue weighted by Crippen LogP contribution is -2.43. The summed E-state index contributed by atoms with van der Waals surface area (Å²) in [5, 5.41) is 5.43. The third kappa shape index (κ3) is 4.91. The normalized spacial score (nSPS) is 16.6. The first-order valence-electron chi connectivity index (χ1n) is 7.77. The first-order valence-corrected chi connectivity index (χ1v) is 8.65. The molecule has 0 saturated carbocycles. The van der Waals surface area contributed by atoms with Gasteiger partial charge in [0.15, 0.2) is 0 Å². The molecule has 1 aliphatic rings. The number of carbonyl (C=O) groups is 1. The van der Waals surface area contributed by atoms with E-state index >= 15 is 0 Å². The lowest BCUT2D eigenvalue weighted by atomic mass is 10.0. The Morgan fingerprint density at radius 3 is 2.80 bits per heavy atom. The predicted octanol–water partition coefficient (Wildman–Crippen LogP) is 3.06. The van der Waals surface area contributed by atoms with Crippen molar-refractivity contribution in [1.82, 2.24) is 10.2 Å². The highest BCUT2D eigenvalue weighted by atomic mass is 32.1. The average molecular weight is 294 g/mol. The third-order valence-electron chi connectivity index (χ3n) is 4.15. The fraction of sp³-hybridized carbons (Fsp3) is 0.688. The predicted molar refractivity (Wildman–Crippen MR) is 85.2 cm³/mol. The van der Waals surface area contributed by atoms with Crippen LogP contribution in [0, 0.1) is 0 Å². The van der Waals surface area contributed by atoms with Crippen LogP contribution in [0.25, 0.3) is 0 Å². The van der Waals surface area contributed by atoms with E-state index in [4.69, 9.17) is 0 Å². The maximum Gasteiger partial charge on any atom is 0.222 e. The van der Waals surface area contributed by atoms with E-state index in [0.717, 1.165) is 45.2 Å². The van der Waals surface area contributed by atoms with Crippen molar-refractivity contribution < 1.29 is 4.79 Å². The number of carbonyl (C=O) groups excluding carboxylic acids is 1. The Morgan fingerprint density at radius 1 is 1.35 bits per heavy atom. The summed E-state index contributed by atoms with van der Waals surface area (Å²) in [6.45, 7) is 1.86. The van der Waals surface area contributed by atoms with Crippen LogP contribution in [-0.2, 0) is 11.2 Å². The Bertz CT molecular complexity index is 383. The summed E-state index contributed by atoms with van der Waals surface area (Å²) in [4.78, 5) is 15.6. The van der Waals surface area contributed by atoms with E-state index in [-0.39, 0.29) is 0 Å². The van der Waals surface area contributed by atoms with Crippen LogP contribution in [0.15, 0.2) is 17.5 Å². The highest BCUT2D eigenvalue weighted by Gasteiger charge is 2.20. The summed E-state index contributed by atoms with van der Waals surface area (Å²) in [5.74, 6) is 0.357. The van der Waals surface area contributed by atoms with Crippen LogP contribution in [0.5, 0.6) is 0 Å². The summed E-state index contributed by atoms with van der Waals surface area (Å²) in [6.07, 6.45) is 7.50. The van der Waals surface area contributed by atoms with Crippen LogP contribution < -0.4 is 5.32 Å². The monoisotopic (exact) mass is 294 g/mol. The molecule has 0 aromatic carbocycles. The van der Waals surface area contributed by atoms with Gasteiger partial charge < -0.3 is 10.2 Å². The number of piperidine rings is 1. The zero-order valence-corrected chi connectivity index (χ0v) is 13.3. The molecule has 3 nitrogen and oxygen atoms in total. The molecule has 1 aromatic rings. The molecule has 1 aromatic heterocycles. The van der Waals surface area contributed by atoms with Crippen molar-refractivity contribution in [2.24, 2.45) is 0 Å². The second kappa shape index (κ2) is 8.42. The number of thiophene rings is 1. The third-order valence-corrected chi connectivity index (χ3v) is 5.09. The molecule has 0 atom stereocenters. The fourth-order valence-corrected chi connectivity index (χ4v) is 3.53. The van der Waals surface area contributed by atoms with Gasteiger partial charge >= 0.3 is 0 Å². The van der Waals surface area contributed by atoms with Crippen LogP contribution in [0.1, 0.15) is 43.4 Å². The first-order chi connectivity index (χ1) is 9.79. The molecule has 20 heavy (non-hydrogen) atoms. The highest BCUT2D eigenvalue weighted by Crippen LogP contribution is 2.15. The molecule has 112 valence electrons. The van der Waals surface area contributed by atoms with Crippen LogP contribution in [-0.4, -0.2) is 37.0 Å². The molecular formula is C16H26N2OS. The Labute approximate surface area is 126 Å². The number of hydrogen-bond donors (Lipinski definition) is 1. The topological polar surface area (TPSA) is 32.3 Å². The molecule has 1 aliphatic heterocycles. The standard InChI is InChI=1S/C16H26N2OS/c1-17-14-9-11-18(12-10-14)16(19)8-4-2-3-6-15-7-5-13-20-15/h5,7,13-14,17H,2-4,6,8-12H2,1H3. The zero-order chi connectivity index (χ0) is 14.2. The number of nitrogens with zero attached hydrogens (tertiary/aromatic N) is 1. The molecule has 1 N–H and O–H groups in total. The lowest BCUT2D eigenvalue weighted by Gasteiger charge is -2.31. The van der Waals surface area contributed by atoms with E-state index in [9.17, 15) is 4.79 Å². The van der Waals surface area contributed by atoms with Crippen molar-refractivity contribution >= 4 is 17.2 Å². The van der Waals surface area contributed by atoms with Crippen LogP contribution in [0.4, 0.5) is 0 Å². The van der Waals surface area contributed by atoms with E-state index in [1.807, 2.05) is 23.3 Å². The van der Waals surface area contributed by atoms with E-state index in [2.05, 4.69) is 22.8 Å². The minimum atomic E-state index is 0.357. The Hall–Kier alpha value is -0.870. The molecule has 2 heterocycles. The largest absolute Gasteiger partial charge is 0.343 e. The number of unbranched alkanes of at least 4 members (excludes halogenated alkanes) is 2. The van der Waals surface area contributed by atoms with Crippen molar-refractivity contribution in [3.63, 3.8) is 0 Å². The molecule has 4 heteroatoms. The molecule has 2 rings (SSSR count). The average Bonchev–Trinajstić information content (AvgIpc) is 3.00. The van der Waals surface area contributed by atoms with Crippen LogP contribution >= 0.6 is 11.3 Å². The van der Waals surface area contributed by atoms with Gasteiger partial charge in [-0.25, -0.2) is 0 Å². The molecule has 0 aliphatic carbocycles. The van der Waals surface area contributed by atoms with Gasteiger partial charge in [-0.15, -0.1) is 11.3 Å². The first kappa shape index (κ1) is 15.5. The second-order valence-electron chi connectivity index (χ2n) is 5.58. The summed E-state index contributed by atoms with van der Waals surface area (Å²) >= 11 is 1.83. The van der Waals surface area contributed by atoms with Gasteiger partial charge in [-0.3, -0.25) is 4.79 Å². The van der Waals surface area contributed by atoms with E-state index in [1.54, 1.807) is 0 Å². The quantitative estimate of drug-likeness (QED) is 0.784. The second-order valence-corrected chi connectivity index (χ2v) is 6.62. The van der Waals surface area contributed by atoms with Gasteiger partial charge in [-0.2, -0.15) is 0 Å². The van der Waals surface area contributed by atoms with Crippen LogP contribution in [0.2, 0.25) is 0 Å². The number of likely N-dealkylation sites (tertiary alicyclic amines) is 1. The van der Waals surface area contributed by atoms with Gasteiger partial charge in [-0.05, 0) is 50.6 Å². The van der Waals surface area contributed by atoms with E-state index in [1.165, 1.54) is 17.7 Å². The van der Waals surface area contributed by atoms with E-state index < -0.39 is 0 Å². The highest BCUT2D eigenvalue weighted by molar-refractivity contribution is 7.09. The SMILES string of the molecule is CNC1CCN(C(=O)CCCCCc2cccs2)CC1. The summed E-state index contributed by atoms with van der Waals surface area (Å²) in [5.41, 5.74) is 0. The van der Waals surface area contributed by atoms with Gasteiger partial charge in [0.1, 0.15) is 0 Å². The minimum absolute atomic E-state index is 0.357. The smallest absolute Gasteiger partial charge is 0.222 e. The van der Waals surface area contributed by atoms with Crippen molar-refractivity contribution in [2.45, 2.75) is 51.0 Å². The van der Waals surface area contributed by atoms with Gasteiger partial charge in [0.25, 0.3) is 0 Å². The zero-order valence-electron chi connectivity index (χ0n) is 12.4. The van der Waals surface area contributed by atoms with Crippen molar-refractivity contribution in [2.75, 3.05) is 20.1 Å². The molecule has 1 amide bonds. The lowest BCUT2D eigenvalue weighted by molar-refractivity contribution is -0.132. The van der Waals surface area contributed by atoms with Crippen LogP contribution in [0.3, 0.4) is 0 Å². The number of amides is 1. The number of hydrogen-bond acceptors (Lipinski definition) is 3. The summed E-state index contributed by atoms with van der Waals surface area (Å²) in [6, 6.07) is 4.91. The Morgan fingerprint density at radius 2 is 2.15 bits per heavy atom. The maximum absolute atomic E-state index is 12.1. The van der Waals surface area contributed by atoms with E-state index in [0.29, 0.717) is 11.9 Å². The summed E-state index contributed by atoms with van der Waals surface area (Å²) < 4.78 is 0. The molecule has 1 saturated heterocycles. The molecular weight excluding hydrogens is 268 g/mol.